The van der Waals surface area contributed by atoms with Gasteiger partial charge in [-0.2, -0.15) is 4.68 Å². The molecule has 3 aromatic rings. The minimum Gasteiger partial charge on any atom is -0.323 e. The second-order valence-corrected chi connectivity index (χ2v) is 6.41. The number of non-ortho nitro benzene ring substituents is 1. The van der Waals surface area contributed by atoms with Gasteiger partial charge in [0.15, 0.2) is 0 Å². The number of nitrogens with one attached hydrogen (secondary N) is 1. The van der Waals surface area contributed by atoms with Crippen LogP contribution in [0.3, 0.4) is 0 Å². The lowest BCUT2D eigenvalue weighted by Crippen LogP contribution is -2.20. The van der Waals surface area contributed by atoms with Crippen LogP contribution in [0.5, 0.6) is 0 Å². The van der Waals surface area contributed by atoms with Gasteiger partial charge in [-0.05, 0) is 52.4 Å². The number of rotatable bonds is 3. The van der Waals surface area contributed by atoms with E-state index in [0.717, 1.165) is 16.8 Å². The average Bonchev–Trinajstić information content (AvgIpc) is 3.09. The lowest BCUT2D eigenvalue weighted by atomic mass is 10.0. The van der Waals surface area contributed by atoms with E-state index in [0.29, 0.717) is 16.0 Å². The van der Waals surface area contributed by atoms with Gasteiger partial charge < -0.3 is 5.32 Å². The van der Waals surface area contributed by atoms with Crippen LogP contribution in [0, 0.1) is 10.1 Å². The summed E-state index contributed by atoms with van der Waals surface area (Å²) >= 11 is 12.3. The van der Waals surface area contributed by atoms with Gasteiger partial charge in [0.2, 0.25) is 5.95 Å². The molecule has 1 N–H and O–H groups in total. The maximum Gasteiger partial charge on any atom is 0.269 e. The number of hydrogen-bond acceptors (Lipinski definition) is 6. The number of tetrazole rings is 1. The number of hydrogen-bond donors (Lipinski definition) is 1. The van der Waals surface area contributed by atoms with Crippen LogP contribution >= 0.6 is 23.2 Å². The molecule has 0 unspecified atom stereocenters. The van der Waals surface area contributed by atoms with E-state index in [1.165, 1.54) is 12.1 Å². The molecule has 4 rings (SSSR count). The maximum absolute atomic E-state index is 10.9. The highest BCUT2D eigenvalue weighted by Gasteiger charge is 2.25. The van der Waals surface area contributed by atoms with Crippen molar-refractivity contribution in [3.05, 3.63) is 79.8 Å². The molecule has 1 aromatic heterocycles. The number of allylic oxidation sites excluding steroid dienone is 1. The summed E-state index contributed by atoms with van der Waals surface area (Å²) in [5, 5.41) is 26.7. The van der Waals surface area contributed by atoms with Crippen LogP contribution in [-0.2, 0) is 0 Å². The fourth-order valence-electron chi connectivity index (χ4n) is 2.75. The molecular weight excluding hydrogens is 379 g/mol. The summed E-state index contributed by atoms with van der Waals surface area (Å²) in [6, 6.07) is 11.1. The maximum atomic E-state index is 10.9. The van der Waals surface area contributed by atoms with Crippen LogP contribution in [0.25, 0.3) is 5.70 Å². The molecule has 0 saturated heterocycles. The van der Waals surface area contributed by atoms with Gasteiger partial charge in [0, 0.05) is 28.4 Å². The Morgan fingerprint density at radius 1 is 1.15 bits per heavy atom. The molecule has 0 spiro atoms. The second kappa shape index (κ2) is 6.40. The van der Waals surface area contributed by atoms with Crippen molar-refractivity contribution < 1.29 is 4.92 Å². The van der Waals surface area contributed by atoms with Gasteiger partial charge in [-0.3, -0.25) is 10.1 Å². The number of fused-ring (bicyclic) bond motifs is 1. The standard InChI is InChI=1S/C16H10Cl2N6O2/c17-10-3-6-12(13(18)7-10)14-8-15(23-16(19-14)20-21-22-23)9-1-4-11(5-2-9)24(25)26/h1-8,15H,(H,19,20,22)/t15-/m0/s1. The second-order valence-electron chi connectivity index (χ2n) is 5.57. The molecule has 0 radical (unpaired) electrons. The molecule has 1 aliphatic heterocycles. The van der Waals surface area contributed by atoms with Gasteiger partial charge >= 0.3 is 0 Å². The molecular formula is C16H10Cl2N6O2. The molecule has 0 bridgehead atoms. The Hall–Kier alpha value is -2.97. The van der Waals surface area contributed by atoms with Crippen LogP contribution in [-0.4, -0.2) is 25.1 Å². The summed E-state index contributed by atoms with van der Waals surface area (Å²) in [4.78, 5) is 10.4. The molecule has 0 amide bonds. The summed E-state index contributed by atoms with van der Waals surface area (Å²) in [6.07, 6.45) is 1.90. The fraction of sp³-hybridized carbons (Fsp3) is 0.0625. The van der Waals surface area contributed by atoms with Gasteiger partial charge in [0.1, 0.15) is 6.04 Å². The Morgan fingerprint density at radius 2 is 1.92 bits per heavy atom. The monoisotopic (exact) mass is 388 g/mol. The Balaban J connectivity index is 1.79. The van der Waals surface area contributed by atoms with Crippen LogP contribution in [0.4, 0.5) is 11.6 Å². The lowest BCUT2D eigenvalue weighted by Gasteiger charge is -2.23. The zero-order valence-electron chi connectivity index (χ0n) is 13.0. The first kappa shape index (κ1) is 16.5. The third kappa shape index (κ3) is 2.89. The molecule has 2 aromatic carbocycles. The number of anilines is 1. The zero-order chi connectivity index (χ0) is 18.3. The predicted molar refractivity (Wildman–Crippen MR) is 97.1 cm³/mol. The van der Waals surface area contributed by atoms with Crippen molar-refractivity contribution in [2.75, 3.05) is 5.32 Å². The summed E-state index contributed by atoms with van der Waals surface area (Å²) in [5.74, 6) is 0.442. The first-order chi connectivity index (χ1) is 12.5. The Morgan fingerprint density at radius 3 is 2.62 bits per heavy atom. The number of nitrogens with zero attached hydrogens (tertiary/aromatic N) is 5. The van der Waals surface area contributed by atoms with Gasteiger partial charge in [-0.25, -0.2) is 0 Å². The third-order valence-corrected chi connectivity index (χ3v) is 4.54. The highest BCUT2D eigenvalue weighted by Crippen LogP contribution is 2.35. The molecule has 0 aliphatic carbocycles. The Bertz CT molecular complexity index is 1030. The van der Waals surface area contributed by atoms with Gasteiger partial charge in [-0.1, -0.05) is 28.3 Å². The number of benzene rings is 2. The number of aromatic nitrogens is 4. The highest BCUT2D eigenvalue weighted by molar-refractivity contribution is 6.35. The van der Waals surface area contributed by atoms with E-state index < -0.39 is 4.92 Å². The van der Waals surface area contributed by atoms with Crippen molar-refractivity contribution >= 4 is 40.5 Å². The number of nitro benzene ring substituents is 1. The smallest absolute Gasteiger partial charge is 0.269 e. The summed E-state index contributed by atoms with van der Waals surface area (Å²) < 4.78 is 1.59. The fourth-order valence-corrected chi connectivity index (χ4v) is 3.26. The van der Waals surface area contributed by atoms with Crippen LogP contribution in [0.2, 0.25) is 10.0 Å². The van der Waals surface area contributed by atoms with Crippen LogP contribution in [0.15, 0.2) is 48.5 Å². The molecule has 26 heavy (non-hydrogen) atoms. The third-order valence-electron chi connectivity index (χ3n) is 3.99. The van der Waals surface area contributed by atoms with E-state index in [9.17, 15) is 10.1 Å². The summed E-state index contributed by atoms with van der Waals surface area (Å²) in [5.41, 5.74) is 2.28. The average molecular weight is 389 g/mol. The molecule has 0 fully saturated rings. The van der Waals surface area contributed by atoms with Crippen LogP contribution in [0.1, 0.15) is 17.2 Å². The highest BCUT2D eigenvalue weighted by atomic mass is 35.5. The Kier molecular flexibility index (Phi) is 4.06. The molecule has 0 saturated carbocycles. The summed E-state index contributed by atoms with van der Waals surface area (Å²) in [6.45, 7) is 0. The first-order valence-corrected chi connectivity index (χ1v) is 8.25. The molecule has 130 valence electrons. The van der Waals surface area contributed by atoms with E-state index in [1.807, 2.05) is 6.08 Å². The molecule has 1 atom stereocenters. The lowest BCUT2D eigenvalue weighted by molar-refractivity contribution is -0.384. The van der Waals surface area contributed by atoms with Gasteiger partial charge in [0.05, 0.1) is 9.95 Å². The van der Waals surface area contributed by atoms with Crippen molar-refractivity contribution in [3.63, 3.8) is 0 Å². The minimum atomic E-state index is -0.441. The topological polar surface area (TPSA) is 98.8 Å². The zero-order valence-corrected chi connectivity index (χ0v) is 14.5. The van der Waals surface area contributed by atoms with Crippen molar-refractivity contribution in [1.82, 2.24) is 20.2 Å². The quantitative estimate of drug-likeness (QED) is 0.538. The van der Waals surface area contributed by atoms with E-state index in [-0.39, 0.29) is 11.7 Å². The van der Waals surface area contributed by atoms with E-state index in [1.54, 1.807) is 35.0 Å². The van der Waals surface area contributed by atoms with E-state index in [4.69, 9.17) is 23.2 Å². The van der Waals surface area contributed by atoms with E-state index in [2.05, 4.69) is 20.8 Å². The largest absolute Gasteiger partial charge is 0.323 e. The number of halogens is 2. The van der Waals surface area contributed by atoms with Gasteiger partial charge in [0.25, 0.3) is 5.69 Å². The molecule has 8 nitrogen and oxygen atoms in total. The predicted octanol–water partition coefficient (Wildman–Crippen LogP) is 3.94. The molecule has 1 aliphatic rings. The molecule has 10 heteroatoms. The van der Waals surface area contributed by atoms with Crippen molar-refractivity contribution in [2.45, 2.75) is 6.04 Å². The minimum absolute atomic E-state index is 0.0181. The Labute approximate surface area is 157 Å². The van der Waals surface area contributed by atoms with Crippen molar-refractivity contribution in [3.8, 4) is 0 Å². The number of nitro groups is 1. The normalized spacial score (nSPS) is 15.8. The van der Waals surface area contributed by atoms with Gasteiger partial charge in [-0.15, -0.1) is 0 Å². The molecule has 2 heterocycles. The SMILES string of the molecule is O=[N+]([O-])c1ccc([C@@H]2C=C(c3ccc(Cl)cc3Cl)Nc3nnnn32)cc1. The van der Waals surface area contributed by atoms with E-state index >= 15 is 0 Å². The van der Waals surface area contributed by atoms with Crippen molar-refractivity contribution in [1.29, 1.82) is 0 Å². The van der Waals surface area contributed by atoms with Crippen LogP contribution < -0.4 is 5.32 Å². The summed E-state index contributed by atoms with van der Waals surface area (Å²) in [7, 11) is 0. The van der Waals surface area contributed by atoms with Crippen molar-refractivity contribution in [2.24, 2.45) is 0 Å². The first-order valence-electron chi connectivity index (χ1n) is 7.49.